The van der Waals surface area contributed by atoms with Crippen LogP contribution in [-0.2, 0) is 42.9 Å². The maximum absolute atomic E-state index is 12.0. The highest BCUT2D eigenvalue weighted by Gasteiger charge is 2.31. The van der Waals surface area contributed by atoms with Gasteiger partial charge in [0.1, 0.15) is 29.8 Å². The third-order valence-corrected chi connectivity index (χ3v) is 6.32. The Hall–Kier alpha value is -3.91. The Kier molecular flexibility index (Phi) is 18.5. The number of ketones is 1. The van der Waals surface area contributed by atoms with E-state index in [0.717, 1.165) is 0 Å². The fraction of sp³-hybridized carbons (Fsp3) is 0.774. The van der Waals surface area contributed by atoms with E-state index in [2.05, 4.69) is 4.74 Å². The van der Waals surface area contributed by atoms with Crippen LogP contribution in [0.4, 0.5) is 9.59 Å². The van der Waals surface area contributed by atoms with Crippen LogP contribution in [0.15, 0.2) is 0 Å². The minimum atomic E-state index is -1.16. The van der Waals surface area contributed by atoms with Crippen molar-refractivity contribution in [2.24, 2.45) is 11.8 Å². The second-order valence-electron chi connectivity index (χ2n) is 12.6. The second kappa shape index (κ2) is 20.3. The summed E-state index contributed by atoms with van der Waals surface area (Å²) in [6.07, 6.45) is 0.729. The Bertz CT molecular complexity index is 1030. The second-order valence-corrected chi connectivity index (χ2v) is 12.6. The zero-order valence-electron chi connectivity index (χ0n) is 28.4. The van der Waals surface area contributed by atoms with Crippen molar-refractivity contribution in [2.45, 2.75) is 105 Å². The van der Waals surface area contributed by atoms with Crippen LogP contribution in [0.1, 0.15) is 93.9 Å². The molecule has 2 heterocycles. The van der Waals surface area contributed by atoms with Crippen LogP contribution < -0.4 is 0 Å². The van der Waals surface area contributed by atoms with Crippen molar-refractivity contribution >= 4 is 41.8 Å². The van der Waals surface area contributed by atoms with Gasteiger partial charge >= 0.3 is 36.1 Å². The average molecular weight is 661 g/mol. The van der Waals surface area contributed by atoms with Crippen LogP contribution in [0.5, 0.6) is 0 Å². The number of rotatable bonds is 8. The molecule has 2 aliphatic rings. The van der Waals surface area contributed by atoms with Crippen LogP contribution in [0.2, 0.25) is 0 Å². The van der Waals surface area contributed by atoms with Gasteiger partial charge in [-0.15, -0.1) is 0 Å². The number of nitrogens with zero attached hydrogens (tertiary/aromatic N) is 2. The molecule has 2 aliphatic heterocycles. The van der Waals surface area contributed by atoms with Gasteiger partial charge in [0.2, 0.25) is 0 Å². The van der Waals surface area contributed by atoms with Gasteiger partial charge in [-0.25, -0.2) is 9.59 Å². The van der Waals surface area contributed by atoms with Crippen LogP contribution in [0.3, 0.4) is 0 Å². The standard InChI is InChI=1S/C15H25NO5.C11H19NO4.C5H8O4/c1-5-20-13(18)10-12(17)11-6-8-16(9-7-11)14(19)21-15(2,3)4;1-11(2,3)16-10(15)12-6-4-8(5-7-12)9(13)14;1-2-9-5(8)3-4(6)7/h11H,5-10H2,1-4H3;8H,4-7H2,1-3H3,(H,13,14);2-3H2,1H3,(H,6,7). The number of carbonyl (C=O) groups is 7. The van der Waals surface area contributed by atoms with Crippen molar-refractivity contribution in [1.82, 2.24) is 9.80 Å². The van der Waals surface area contributed by atoms with Crippen LogP contribution in [0, 0.1) is 11.8 Å². The van der Waals surface area contributed by atoms with E-state index in [1.165, 1.54) is 0 Å². The van der Waals surface area contributed by atoms with Crippen LogP contribution in [-0.4, -0.2) is 112 Å². The number of carbonyl (C=O) groups excluding carboxylic acids is 5. The molecule has 0 aromatic heterocycles. The van der Waals surface area contributed by atoms with E-state index in [9.17, 15) is 33.6 Å². The van der Waals surface area contributed by atoms with E-state index < -0.39 is 41.5 Å². The minimum Gasteiger partial charge on any atom is -0.481 e. The number of aliphatic carboxylic acids is 2. The number of ether oxygens (including phenoxy) is 4. The van der Waals surface area contributed by atoms with Gasteiger partial charge in [-0.2, -0.15) is 0 Å². The van der Waals surface area contributed by atoms with Gasteiger partial charge < -0.3 is 39.0 Å². The number of carboxylic acids is 2. The molecule has 0 unspecified atom stereocenters. The monoisotopic (exact) mass is 660 g/mol. The molecule has 2 amide bonds. The zero-order valence-corrected chi connectivity index (χ0v) is 28.4. The Morgan fingerprint density at radius 2 is 0.957 bits per heavy atom. The van der Waals surface area contributed by atoms with Crippen molar-refractivity contribution in [3.8, 4) is 0 Å². The highest BCUT2D eigenvalue weighted by atomic mass is 16.6. The normalized spacial score (nSPS) is 15.6. The molecule has 2 saturated heterocycles. The summed E-state index contributed by atoms with van der Waals surface area (Å²) in [6.45, 7) is 16.6. The number of piperidine rings is 2. The Morgan fingerprint density at radius 1 is 0.609 bits per heavy atom. The Labute approximate surface area is 270 Å². The molecule has 2 rings (SSSR count). The molecule has 0 saturated carbocycles. The Balaban J connectivity index is 0.000000715. The summed E-state index contributed by atoms with van der Waals surface area (Å²) in [5.74, 6) is -3.69. The summed E-state index contributed by atoms with van der Waals surface area (Å²) in [5, 5.41) is 16.8. The zero-order chi connectivity index (χ0) is 35.7. The van der Waals surface area contributed by atoms with Crippen molar-refractivity contribution in [3.05, 3.63) is 0 Å². The summed E-state index contributed by atoms with van der Waals surface area (Å²) >= 11 is 0. The van der Waals surface area contributed by atoms with Gasteiger partial charge in [0.05, 0.1) is 19.1 Å². The third-order valence-electron chi connectivity index (χ3n) is 6.32. The molecule has 0 spiro atoms. The van der Waals surface area contributed by atoms with Crippen molar-refractivity contribution in [3.63, 3.8) is 0 Å². The van der Waals surface area contributed by atoms with Crippen LogP contribution in [0.25, 0.3) is 0 Å². The van der Waals surface area contributed by atoms with Gasteiger partial charge in [-0.1, -0.05) is 0 Å². The highest BCUT2D eigenvalue weighted by molar-refractivity contribution is 5.96. The number of amides is 2. The van der Waals surface area contributed by atoms with E-state index in [1.54, 1.807) is 23.6 Å². The molecule has 0 radical (unpaired) electrons. The lowest BCUT2D eigenvalue weighted by Crippen LogP contribution is -2.43. The van der Waals surface area contributed by atoms with E-state index in [0.29, 0.717) is 51.9 Å². The number of hydrogen-bond acceptors (Lipinski definition) is 11. The first kappa shape index (κ1) is 42.1. The number of hydrogen-bond donors (Lipinski definition) is 2. The molecule has 15 heteroatoms. The van der Waals surface area contributed by atoms with Gasteiger partial charge in [0, 0.05) is 32.1 Å². The number of likely N-dealkylation sites (tertiary alicyclic amines) is 2. The fourth-order valence-corrected chi connectivity index (χ4v) is 4.18. The first-order valence-corrected chi connectivity index (χ1v) is 15.4. The molecule has 2 fully saturated rings. The van der Waals surface area contributed by atoms with Gasteiger partial charge in [0.15, 0.2) is 0 Å². The summed E-state index contributed by atoms with van der Waals surface area (Å²) in [7, 11) is 0. The summed E-state index contributed by atoms with van der Waals surface area (Å²) in [4.78, 5) is 80.7. The summed E-state index contributed by atoms with van der Waals surface area (Å²) < 4.78 is 19.6. The van der Waals surface area contributed by atoms with Crippen molar-refractivity contribution in [1.29, 1.82) is 0 Å². The van der Waals surface area contributed by atoms with E-state index in [1.807, 2.05) is 41.5 Å². The molecule has 0 aliphatic carbocycles. The topological polar surface area (TPSA) is 203 Å². The molecule has 0 aromatic carbocycles. The molecule has 15 nitrogen and oxygen atoms in total. The lowest BCUT2D eigenvalue weighted by Gasteiger charge is -2.32. The molecule has 46 heavy (non-hydrogen) atoms. The predicted molar refractivity (Wildman–Crippen MR) is 164 cm³/mol. The van der Waals surface area contributed by atoms with E-state index >= 15 is 0 Å². The molecule has 2 N–H and O–H groups in total. The fourth-order valence-electron chi connectivity index (χ4n) is 4.18. The van der Waals surface area contributed by atoms with Crippen molar-refractivity contribution in [2.75, 3.05) is 39.4 Å². The molecule has 0 bridgehead atoms. The third kappa shape index (κ3) is 19.5. The van der Waals surface area contributed by atoms with Crippen molar-refractivity contribution < 1.29 is 62.7 Å². The maximum atomic E-state index is 12.0. The highest BCUT2D eigenvalue weighted by Crippen LogP contribution is 2.22. The number of Topliss-reactive ketones (excluding diaryl/α,β-unsaturated/α-hetero) is 1. The average Bonchev–Trinajstić information content (AvgIpc) is 2.92. The van der Waals surface area contributed by atoms with Gasteiger partial charge in [-0.3, -0.25) is 24.0 Å². The largest absolute Gasteiger partial charge is 0.481 e. The lowest BCUT2D eigenvalue weighted by molar-refractivity contribution is -0.151. The van der Waals surface area contributed by atoms with Gasteiger partial charge in [0.25, 0.3) is 0 Å². The predicted octanol–water partition coefficient (Wildman–Crippen LogP) is 3.90. The molecular weight excluding hydrogens is 608 g/mol. The van der Waals surface area contributed by atoms with E-state index in [4.69, 9.17) is 24.4 Å². The van der Waals surface area contributed by atoms with E-state index in [-0.39, 0.29) is 49.4 Å². The summed E-state index contributed by atoms with van der Waals surface area (Å²) in [6, 6.07) is 0. The van der Waals surface area contributed by atoms with Crippen LogP contribution >= 0.6 is 0 Å². The summed E-state index contributed by atoms with van der Waals surface area (Å²) in [5.41, 5.74) is -1.02. The molecule has 0 atom stereocenters. The minimum absolute atomic E-state index is 0.0997. The molecular formula is C31H52N2O13. The lowest BCUT2D eigenvalue weighted by atomic mass is 9.91. The smallest absolute Gasteiger partial charge is 0.410 e. The first-order chi connectivity index (χ1) is 21.2. The Morgan fingerprint density at radius 3 is 1.26 bits per heavy atom. The molecule has 264 valence electrons. The number of carboxylic acid groups (broad SMARTS) is 2. The maximum Gasteiger partial charge on any atom is 0.410 e. The first-order valence-electron chi connectivity index (χ1n) is 15.4. The van der Waals surface area contributed by atoms with Gasteiger partial charge in [-0.05, 0) is 81.1 Å². The number of esters is 2. The SMILES string of the molecule is CC(C)(C)OC(=O)N1CCC(C(=O)O)CC1.CCOC(=O)CC(=O)C1CCN(C(=O)OC(C)(C)C)CC1.CCOC(=O)CC(=O)O. The molecule has 0 aromatic rings. The quantitative estimate of drug-likeness (QED) is 0.216.